The summed E-state index contributed by atoms with van der Waals surface area (Å²) in [4.78, 5) is 22.7. The number of hydrogen-bond acceptors (Lipinski definition) is 5. The van der Waals surface area contributed by atoms with E-state index in [-0.39, 0.29) is 5.75 Å². The van der Waals surface area contributed by atoms with Crippen LogP contribution >= 0.6 is 15.9 Å². The Bertz CT molecular complexity index is 494. The Morgan fingerprint density at radius 2 is 2.32 bits per heavy atom. The molecular formula is C13H13BrO5. The Balaban J connectivity index is 2.23. The minimum Gasteiger partial charge on any atom is -0.493 e. The third-order valence-corrected chi connectivity index (χ3v) is 3.37. The number of esters is 1. The highest BCUT2D eigenvalue weighted by Crippen LogP contribution is 2.36. The Morgan fingerprint density at radius 1 is 1.53 bits per heavy atom. The van der Waals surface area contributed by atoms with Gasteiger partial charge in [-0.05, 0) is 40.9 Å². The van der Waals surface area contributed by atoms with Gasteiger partial charge in [-0.1, -0.05) is 0 Å². The molecule has 1 fully saturated rings. The highest BCUT2D eigenvalue weighted by molar-refractivity contribution is 9.10. The van der Waals surface area contributed by atoms with Crippen LogP contribution in [0.1, 0.15) is 23.2 Å². The van der Waals surface area contributed by atoms with Crippen LogP contribution in [-0.4, -0.2) is 32.1 Å². The van der Waals surface area contributed by atoms with Crippen molar-refractivity contribution < 1.29 is 23.8 Å². The monoisotopic (exact) mass is 328 g/mol. The molecule has 0 bridgehead atoms. The molecular weight excluding hydrogens is 316 g/mol. The second-order valence-corrected chi connectivity index (χ2v) is 4.93. The van der Waals surface area contributed by atoms with Crippen LogP contribution in [0.2, 0.25) is 0 Å². The molecule has 2 rings (SSSR count). The maximum atomic E-state index is 11.9. The highest BCUT2D eigenvalue weighted by Gasteiger charge is 2.27. The molecule has 0 aromatic heterocycles. The van der Waals surface area contributed by atoms with Crippen LogP contribution in [0.4, 0.5) is 0 Å². The van der Waals surface area contributed by atoms with Crippen molar-refractivity contribution in [1.82, 2.24) is 0 Å². The molecule has 5 nitrogen and oxygen atoms in total. The molecule has 0 amide bonds. The molecule has 1 unspecified atom stereocenters. The molecule has 1 heterocycles. The molecule has 19 heavy (non-hydrogen) atoms. The molecule has 0 aliphatic carbocycles. The van der Waals surface area contributed by atoms with E-state index in [1.807, 2.05) is 0 Å². The van der Waals surface area contributed by atoms with E-state index < -0.39 is 12.1 Å². The zero-order chi connectivity index (χ0) is 13.8. The highest BCUT2D eigenvalue weighted by atomic mass is 79.9. The molecule has 1 aromatic carbocycles. The SMILES string of the molecule is COc1cc(C=O)cc(Br)c1OC(=O)C1CCCO1. The van der Waals surface area contributed by atoms with Crippen molar-refractivity contribution in [3.8, 4) is 11.5 Å². The summed E-state index contributed by atoms with van der Waals surface area (Å²) in [5.74, 6) is 0.131. The number of ether oxygens (including phenoxy) is 3. The van der Waals surface area contributed by atoms with E-state index in [4.69, 9.17) is 14.2 Å². The molecule has 0 N–H and O–H groups in total. The van der Waals surface area contributed by atoms with E-state index in [0.29, 0.717) is 35.1 Å². The summed E-state index contributed by atoms with van der Waals surface area (Å²) in [7, 11) is 1.44. The van der Waals surface area contributed by atoms with Gasteiger partial charge in [0, 0.05) is 12.2 Å². The van der Waals surface area contributed by atoms with Gasteiger partial charge in [0.05, 0.1) is 11.6 Å². The minimum atomic E-state index is -0.526. The Labute approximate surface area is 119 Å². The number of methoxy groups -OCH3 is 1. The molecule has 1 aliphatic rings. The molecule has 1 aliphatic heterocycles. The summed E-state index contributed by atoms with van der Waals surface area (Å²) in [6.45, 7) is 0.572. The van der Waals surface area contributed by atoms with Crippen molar-refractivity contribution in [2.24, 2.45) is 0 Å². The first-order valence-corrected chi connectivity index (χ1v) is 6.61. The first-order valence-electron chi connectivity index (χ1n) is 5.81. The Kier molecular flexibility index (Phi) is 4.55. The van der Waals surface area contributed by atoms with Crippen molar-refractivity contribution >= 4 is 28.2 Å². The summed E-state index contributed by atoms with van der Waals surface area (Å²) in [5.41, 5.74) is 0.431. The first kappa shape index (κ1) is 14.0. The minimum absolute atomic E-state index is 0.258. The van der Waals surface area contributed by atoms with E-state index in [9.17, 15) is 9.59 Å². The third kappa shape index (κ3) is 3.13. The zero-order valence-electron chi connectivity index (χ0n) is 10.3. The van der Waals surface area contributed by atoms with Gasteiger partial charge in [-0.25, -0.2) is 4.79 Å². The number of carbonyl (C=O) groups excluding carboxylic acids is 2. The quantitative estimate of drug-likeness (QED) is 0.482. The van der Waals surface area contributed by atoms with Crippen molar-refractivity contribution in [2.45, 2.75) is 18.9 Å². The lowest BCUT2D eigenvalue weighted by molar-refractivity contribution is -0.144. The molecule has 102 valence electrons. The molecule has 0 radical (unpaired) electrons. The second-order valence-electron chi connectivity index (χ2n) is 4.07. The number of benzene rings is 1. The van der Waals surface area contributed by atoms with Gasteiger partial charge in [0.1, 0.15) is 6.29 Å². The third-order valence-electron chi connectivity index (χ3n) is 2.78. The topological polar surface area (TPSA) is 61.8 Å². The van der Waals surface area contributed by atoms with Crippen LogP contribution in [0.3, 0.4) is 0 Å². The van der Waals surface area contributed by atoms with Crippen molar-refractivity contribution in [2.75, 3.05) is 13.7 Å². The normalized spacial score (nSPS) is 18.1. The lowest BCUT2D eigenvalue weighted by Gasteiger charge is -2.14. The van der Waals surface area contributed by atoms with Crippen LogP contribution in [-0.2, 0) is 9.53 Å². The van der Waals surface area contributed by atoms with E-state index in [0.717, 1.165) is 6.42 Å². The van der Waals surface area contributed by atoms with Gasteiger partial charge in [0.25, 0.3) is 0 Å². The maximum Gasteiger partial charge on any atom is 0.340 e. The van der Waals surface area contributed by atoms with Crippen LogP contribution in [0.25, 0.3) is 0 Å². The van der Waals surface area contributed by atoms with Gasteiger partial charge in [0.15, 0.2) is 17.6 Å². The standard InChI is InChI=1S/C13H13BrO5/c1-17-11-6-8(7-15)5-9(14)12(11)19-13(16)10-3-2-4-18-10/h5-7,10H,2-4H2,1H3. The molecule has 1 atom stereocenters. The number of aldehydes is 1. The van der Waals surface area contributed by atoms with E-state index in [2.05, 4.69) is 15.9 Å². The number of halogens is 1. The fourth-order valence-electron chi connectivity index (χ4n) is 1.84. The van der Waals surface area contributed by atoms with Gasteiger partial charge in [-0.3, -0.25) is 4.79 Å². The fraction of sp³-hybridized carbons (Fsp3) is 0.385. The summed E-state index contributed by atoms with van der Waals surface area (Å²) >= 11 is 3.26. The first-order chi connectivity index (χ1) is 9.15. The molecule has 1 aromatic rings. The second kappa shape index (κ2) is 6.16. The van der Waals surface area contributed by atoms with E-state index in [1.165, 1.54) is 13.2 Å². The van der Waals surface area contributed by atoms with Crippen molar-refractivity contribution in [3.63, 3.8) is 0 Å². The largest absolute Gasteiger partial charge is 0.493 e. The lowest BCUT2D eigenvalue weighted by Crippen LogP contribution is -2.25. The zero-order valence-corrected chi connectivity index (χ0v) is 11.9. The van der Waals surface area contributed by atoms with Gasteiger partial charge in [-0.15, -0.1) is 0 Å². The predicted molar refractivity (Wildman–Crippen MR) is 70.7 cm³/mol. The number of rotatable bonds is 4. The summed E-state index contributed by atoms with van der Waals surface area (Å²) < 4.78 is 16.2. The smallest absolute Gasteiger partial charge is 0.340 e. The molecule has 1 saturated heterocycles. The van der Waals surface area contributed by atoms with Crippen LogP contribution in [0.5, 0.6) is 11.5 Å². The summed E-state index contributed by atoms with van der Waals surface area (Å²) in [5, 5.41) is 0. The lowest BCUT2D eigenvalue weighted by atomic mass is 10.2. The van der Waals surface area contributed by atoms with Gasteiger partial charge < -0.3 is 14.2 Å². The molecule has 0 spiro atoms. The average Bonchev–Trinajstić information content (AvgIpc) is 2.94. The average molecular weight is 329 g/mol. The fourth-order valence-corrected chi connectivity index (χ4v) is 2.38. The van der Waals surface area contributed by atoms with Gasteiger partial charge in [-0.2, -0.15) is 0 Å². The Hall–Kier alpha value is -1.40. The number of hydrogen-bond donors (Lipinski definition) is 0. The van der Waals surface area contributed by atoms with E-state index >= 15 is 0 Å². The van der Waals surface area contributed by atoms with E-state index in [1.54, 1.807) is 6.07 Å². The number of carbonyl (C=O) groups is 2. The van der Waals surface area contributed by atoms with Crippen LogP contribution in [0.15, 0.2) is 16.6 Å². The summed E-state index contributed by atoms with van der Waals surface area (Å²) in [6.07, 6.45) is 1.68. The van der Waals surface area contributed by atoms with Gasteiger partial charge in [0.2, 0.25) is 0 Å². The van der Waals surface area contributed by atoms with Crippen LogP contribution < -0.4 is 9.47 Å². The van der Waals surface area contributed by atoms with Crippen molar-refractivity contribution in [1.29, 1.82) is 0 Å². The molecule has 0 saturated carbocycles. The molecule has 6 heteroatoms. The predicted octanol–water partition coefficient (Wildman–Crippen LogP) is 2.35. The Morgan fingerprint density at radius 3 is 2.89 bits per heavy atom. The summed E-state index contributed by atoms with van der Waals surface area (Å²) in [6, 6.07) is 3.07. The van der Waals surface area contributed by atoms with Gasteiger partial charge >= 0.3 is 5.97 Å². The van der Waals surface area contributed by atoms with Crippen LogP contribution in [0, 0.1) is 0 Å². The van der Waals surface area contributed by atoms with Crippen molar-refractivity contribution in [3.05, 3.63) is 22.2 Å². The maximum absolute atomic E-state index is 11.9.